The SMILES string of the molecule is COC(=O)c1ccsc1NC(=O)CSc1nnc(COc2ccccc2Cl)n1C. The van der Waals surface area contributed by atoms with Gasteiger partial charge in [-0.2, -0.15) is 0 Å². The topological polar surface area (TPSA) is 95.3 Å². The van der Waals surface area contributed by atoms with Gasteiger partial charge in [0.25, 0.3) is 0 Å². The number of esters is 1. The number of hydrogen-bond acceptors (Lipinski definition) is 8. The summed E-state index contributed by atoms with van der Waals surface area (Å²) >= 11 is 8.55. The fraction of sp³-hybridized carbons (Fsp3) is 0.222. The summed E-state index contributed by atoms with van der Waals surface area (Å²) < 4.78 is 12.1. The highest BCUT2D eigenvalue weighted by atomic mass is 35.5. The second-order valence-electron chi connectivity index (χ2n) is 5.67. The number of ether oxygens (including phenoxy) is 2. The van der Waals surface area contributed by atoms with E-state index in [9.17, 15) is 9.59 Å². The molecule has 2 heterocycles. The van der Waals surface area contributed by atoms with Crippen LogP contribution in [0.25, 0.3) is 0 Å². The molecule has 3 rings (SSSR count). The third-order valence-electron chi connectivity index (χ3n) is 3.77. The van der Waals surface area contributed by atoms with Crippen LogP contribution in [0, 0.1) is 0 Å². The van der Waals surface area contributed by atoms with E-state index in [0.29, 0.717) is 32.3 Å². The molecule has 1 N–H and O–H groups in total. The average molecular weight is 453 g/mol. The molecule has 8 nitrogen and oxygen atoms in total. The maximum atomic E-state index is 12.2. The average Bonchev–Trinajstić information content (AvgIpc) is 3.32. The molecule has 1 aromatic carbocycles. The Morgan fingerprint density at radius 1 is 1.28 bits per heavy atom. The van der Waals surface area contributed by atoms with Crippen molar-refractivity contribution >= 4 is 51.6 Å². The lowest BCUT2D eigenvalue weighted by atomic mass is 10.3. The van der Waals surface area contributed by atoms with Crippen molar-refractivity contribution in [1.82, 2.24) is 14.8 Å². The van der Waals surface area contributed by atoms with Crippen LogP contribution in [0.3, 0.4) is 0 Å². The highest BCUT2D eigenvalue weighted by Crippen LogP contribution is 2.26. The first kappa shape index (κ1) is 21.2. The molecule has 0 spiro atoms. The molecule has 0 aliphatic rings. The van der Waals surface area contributed by atoms with Gasteiger partial charge in [-0.1, -0.05) is 35.5 Å². The molecular weight excluding hydrogens is 436 g/mol. The van der Waals surface area contributed by atoms with E-state index in [-0.39, 0.29) is 18.3 Å². The Morgan fingerprint density at radius 3 is 2.83 bits per heavy atom. The van der Waals surface area contributed by atoms with Gasteiger partial charge >= 0.3 is 5.97 Å². The monoisotopic (exact) mass is 452 g/mol. The van der Waals surface area contributed by atoms with Crippen molar-refractivity contribution in [1.29, 1.82) is 0 Å². The van der Waals surface area contributed by atoms with E-state index in [1.165, 1.54) is 30.2 Å². The van der Waals surface area contributed by atoms with Crippen molar-refractivity contribution in [3.05, 3.63) is 52.1 Å². The summed E-state index contributed by atoms with van der Waals surface area (Å²) in [6, 6.07) is 8.77. The summed E-state index contributed by atoms with van der Waals surface area (Å²) in [5.74, 6) is 0.503. The van der Waals surface area contributed by atoms with Gasteiger partial charge in [0.2, 0.25) is 5.91 Å². The van der Waals surface area contributed by atoms with Gasteiger partial charge in [-0.3, -0.25) is 4.79 Å². The van der Waals surface area contributed by atoms with E-state index in [0.717, 1.165) is 0 Å². The highest BCUT2D eigenvalue weighted by Gasteiger charge is 2.17. The number of rotatable bonds is 8. The Kier molecular flexibility index (Phi) is 7.13. The first-order valence-electron chi connectivity index (χ1n) is 8.33. The molecule has 0 bridgehead atoms. The van der Waals surface area contributed by atoms with Crippen LogP contribution in [0.4, 0.5) is 5.00 Å². The number of para-hydroxylation sites is 1. The van der Waals surface area contributed by atoms with Gasteiger partial charge in [0, 0.05) is 7.05 Å². The van der Waals surface area contributed by atoms with Crippen LogP contribution in [0.15, 0.2) is 40.9 Å². The minimum Gasteiger partial charge on any atom is -0.484 e. The third-order valence-corrected chi connectivity index (χ3v) is 5.94. The molecule has 11 heteroatoms. The summed E-state index contributed by atoms with van der Waals surface area (Å²) in [4.78, 5) is 23.9. The van der Waals surface area contributed by atoms with E-state index >= 15 is 0 Å². The number of thioether (sulfide) groups is 1. The van der Waals surface area contributed by atoms with E-state index in [1.54, 1.807) is 35.2 Å². The smallest absolute Gasteiger partial charge is 0.340 e. The number of nitrogens with one attached hydrogen (secondary N) is 1. The molecular formula is C18H17ClN4O4S2. The molecule has 2 aromatic heterocycles. The Balaban J connectivity index is 1.55. The van der Waals surface area contributed by atoms with Crippen LogP contribution < -0.4 is 10.1 Å². The normalized spacial score (nSPS) is 10.6. The molecule has 0 saturated carbocycles. The molecule has 0 radical (unpaired) electrons. The van der Waals surface area contributed by atoms with Crippen LogP contribution in [-0.2, 0) is 23.2 Å². The molecule has 0 atom stereocenters. The number of aromatic nitrogens is 3. The number of anilines is 1. The maximum Gasteiger partial charge on any atom is 0.340 e. The Labute approximate surface area is 180 Å². The standard InChI is InChI=1S/C18H17ClN4O4S2/c1-23-14(9-27-13-6-4-3-5-12(13)19)21-22-18(23)29-10-15(24)20-16-11(7-8-28-16)17(25)26-2/h3-8H,9-10H2,1-2H3,(H,20,24). The second kappa shape index (κ2) is 9.77. The zero-order valence-corrected chi connectivity index (χ0v) is 17.9. The maximum absolute atomic E-state index is 12.2. The van der Waals surface area contributed by atoms with E-state index in [2.05, 4.69) is 15.5 Å². The van der Waals surface area contributed by atoms with Crippen molar-refractivity contribution < 1.29 is 19.1 Å². The third kappa shape index (κ3) is 5.28. The number of amides is 1. The van der Waals surface area contributed by atoms with Gasteiger partial charge < -0.3 is 19.4 Å². The molecule has 1 amide bonds. The molecule has 152 valence electrons. The number of hydrogen-bond donors (Lipinski definition) is 1. The van der Waals surface area contributed by atoms with Gasteiger partial charge in [-0.15, -0.1) is 21.5 Å². The van der Waals surface area contributed by atoms with Crippen LogP contribution in [0.2, 0.25) is 5.02 Å². The molecule has 0 aliphatic carbocycles. The minimum atomic E-state index is -0.495. The first-order chi connectivity index (χ1) is 14.0. The Hall–Kier alpha value is -2.56. The Morgan fingerprint density at radius 2 is 2.07 bits per heavy atom. The number of benzene rings is 1. The molecule has 29 heavy (non-hydrogen) atoms. The predicted octanol–water partition coefficient (Wildman–Crippen LogP) is 3.63. The zero-order chi connectivity index (χ0) is 20.8. The zero-order valence-electron chi connectivity index (χ0n) is 15.5. The summed E-state index contributed by atoms with van der Waals surface area (Å²) in [7, 11) is 3.09. The number of carbonyl (C=O) groups excluding carboxylic acids is 2. The number of halogens is 1. The van der Waals surface area contributed by atoms with Crippen molar-refractivity contribution in [2.75, 3.05) is 18.2 Å². The van der Waals surface area contributed by atoms with Crippen LogP contribution in [-0.4, -0.2) is 39.5 Å². The van der Waals surface area contributed by atoms with Gasteiger partial charge in [-0.05, 0) is 23.6 Å². The van der Waals surface area contributed by atoms with Gasteiger partial charge in [0.1, 0.15) is 17.4 Å². The quantitative estimate of drug-likeness (QED) is 0.412. The first-order valence-corrected chi connectivity index (χ1v) is 10.6. The summed E-state index contributed by atoms with van der Waals surface area (Å²) in [5, 5.41) is 14.1. The fourth-order valence-electron chi connectivity index (χ4n) is 2.27. The van der Waals surface area contributed by atoms with Crippen molar-refractivity contribution in [3.8, 4) is 5.75 Å². The Bertz CT molecular complexity index is 1020. The van der Waals surface area contributed by atoms with Crippen LogP contribution in [0.1, 0.15) is 16.2 Å². The van der Waals surface area contributed by atoms with Crippen LogP contribution in [0.5, 0.6) is 5.75 Å². The predicted molar refractivity (Wildman–Crippen MR) is 112 cm³/mol. The minimum absolute atomic E-state index is 0.107. The van der Waals surface area contributed by atoms with E-state index < -0.39 is 5.97 Å². The van der Waals surface area contributed by atoms with E-state index in [4.69, 9.17) is 21.1 Å². The molecule has 3 aromatic rings. The fourth-order valence-corrected chi connectivity index (χ4v) is 3.98. The van der Waals surface area contributed by atoms with Gasteiger partial charge in [0.15, 0.2) is 11.0 Å². The summed E-state index contributed by atoms with van der Waals surface area (Å²) in [6.07, 6.45) is 0. The molecule has 0 fully saturated rings. The van der Waals surface area contributed by atoms with Gasteiger partial charge in [-0.25, -0.2) is 4.79 Å². The lowest BCUT2D eigenvalue weighted by molar-refractivity contribution is -0.113. The largest absolute Gasteiger partial charge is 0.484 e. The number of carbonyl (C=O) groups is 2. The van der Waals surface area contributed by atoms with Crippen molar-refractivity contribution in [2.24, 2.45) is 7.05 Å². The summed E-state index contributed by atoms with van der Waals surface area (Å²) in [6.45, 7) is 0.192. The lowest BCUT2D eigenvalue weighted by Gasteiger charge is -2.08. The second-order valence-corrected chi connectivity index (χ2v) is 7.93. The van der Waals surface area contributed by atoms with Gasteiger partial charge in [0.05, 0.1) is 23.4 Å². The number of nitrogens with zero attached hydrogens (tertiary/aromatic N) is 3. The van der Waals surface area contributed by atoms with E-state index in [1.807, 2.05) is 12.1 Å². The number of thiophene rings is 1. The molecule has 0 aliphatic heterocycles. The van der Waals surface area contributed by atoms with Crippen molar-refractivity contribution in [2.45, 2.75) is 11.8 Å². The molecule has 0 unspecified atom stereocenters. The number of methoxy groups -OCH3 is 1. The molecule has 0 saturated heterocycles. The van der Waals surface area contributed by atoms with Crippen LogP contribution >= 0.6 is 34.7 Å². The summed E-state index contributed by atoms with van der Waals surface area (Å²) in [5.41, 5.74) is 0.327. The lowest BCUT2D eigenvalue weighted by Crippen LogP contribution is -2.16. The van der Waals surface area contributed by atoms with Crippen molar-refractivity contribution in [3.63, 3.8) is 0 Å². The highest BCUT2D eigenvalue weighted by molar-refractivity contribution is 7.99.